The average Bonchev–Trinajstić information content (AvgIpc) is 2.64. The van der Waals surface area contributed by atoms with Gasteiger partial charge in [0.1, 0.15) is 18.1 Å². The molecule has 138 valence electrons. The van der Waals surface area contributed by atoms with Gasteiger partial charge in [-0.05, 0) is 23.8 Å². The number of rotatable bonds is 9. The summed E-state index contributed by atoms with van der Waals surface area (Å²) in [7, 11) is 2.97. The smallest absolute Gasteiger partial charge is 0.341 e. The number of carbonyl (C=O) groups is 2. The van der Waals surface area contributed by atoms with Gasteiger partial charge in [0.2, 0.25) is 3.79 Å². The molecule has 0 heterocycles. The Kier molecular flexibility index (Phi) is 7.07. The molecule has 0 aliphatic heterocycles. The lowest BCUT2D eigenvalue weighted by molar-refractivity contribution is -0.139. The molecule has 0 atom stereocenters. The molecule has 8 heteroatoms. The second-order valence-corrected chi connectivity index (χ2v) is 6.07. The molecule has 2 rings (SSSR count). The van der Waals surface area contributed by atoms with Crippen LogP contribution in [0.3, 0.4) is 0 Å². The Morgan fingerprint density at radius 2 is 1.62 bits per heavy atom. The first-order chi connectivity index (χ1) is 12.4. The van der Waals surface area contributed by atoms with Crippen LogP contribution in [0, 0.1) is 0 Å². The SMILES string of the molecule is COc1cc(C(=O)I)c(OC)cc1OCc1ccc(OCC(=O)O)cc1. The molecule has 0 amide bonds. The summed E-state index contributed by atoms with van der Waals surface area (Å²) in [5.74, 6) is 0.689. The van der Waals surface area contributed by atoms with Gasteiger partial charge in [0, 0.05) is 28.7 Å². The monoisotopic (exact) mass is 472 g/mol. The van der Waals surface area contributed by atoms with Crippen LogP contribution in [0.25, 0.3) is 0 Å². The Balaban J connectivity index is 2.11. The molecule has 2 aromatic rings. The first-order valence-electron chi connectivity index (χ1n) is 7.46. The summed E-state index contributed by atoms with van der Waals surface area (Å²) in [5.41, 5.74) is 1.25. The molecule has 2 aromatic carbocycles. The molecule has 0 bridgehead atoms. The predicted octanol–water partition coefficient (Wildman–Crippen LogP) is 3.32. The molecule has 0 fully saturated rings. The van der Waals surface area contributed by atoms with Crippen molar-refractivity contribution in [3.63, 3.8) is 0 Å². The second-order valence-electron chi connectivity index (χ2n) is 5.09. The lowest BCUT2D eigenvalue weighted by atomic mass is 10.2. The molecular weight excluding hydrogens is 455 g/mol. The zero-order valence-corrected chi connectivity index (χ0v) is 16.3. The lowest BCUT2D eigenvalue weighted by Crippen LogP contribution is -2.09. The van der Waals surface area contributed by atoms with Gasteiger partial charge in [-0.3, -0.25) is 4.79 Å². The third-order valence-corrected chi connectivity index (χ3v) is 3.96. The summed E-state index contributed by atoms with van der Waals surface area (Å²) < 4.78 is 21.2. The maximum Gasteiger partial charge on any atom is 0.341 e. The largest absolute Gasteiger partial charge is 0.496 e. The highest BCUT2D eigenvalue weighted by Gasteiger charge is 2.16. The number of ether oxygens (including phenoxy) is 4. The number of halogens is 1. The fraction of sp³-hybridized carbons (Fsp3) is 0.222. The van der Waals surface area contributed by atoms with Gasteiger partial charge >= 0.3 is 5.97 Å². The molecular formula is C18H17IO7. The summed E-state index contributed by atoms with van der Waals surface area (Å²) >= 11 is 1.68. The fourth-order valence-electron chi connectivity index (χ4n) is 2.12. The van der Waals surface area contributed by atoms with E-state index in [9.17, 15) is 9.59 Å². The maximum atomic E-state index is 11.7. The van der Waals surface area contributed by atoms with Crippen LogP contribution < -0.4 is 18.9 Å². The van der Waals surface area contributed by atoms with Crippen molar-refractivity contribution in [3.05, 3.63) is 47.5 Å². The topological polar surface area (TPSA) is 91.3 Å². The summed E-state index contributed by atoms with van der Waals surface area (Å²) in [5, 5.41) is 8.60. The summed E-state index contributed by atoms with van der Waals surface area (Å²) in [6.07, 6.45) is 0. The van der Waals surface area contributed by atoms with Crippen molar-refractivity contribution < 1.29 is 33.6 Å². The fourth-order valence-corrected chi connectivity index (χ4v) is 2.55. The van der Waals surface area contributed by atoms with Gasteiger partial charge in [0.05, 0.1) is 19.8 Å². The number of carboxylic acid groups (broad SMARTS) is 1. The third kappa shape index (κ3) is 5.25. The van der Waals surface area contributed by atoms with Crippen LogP contribution in [-0.2, 0) is 11.4 Å². The quantitative estimate of drug-likeness (QED) is 0.442. The van der Waals surface area contributed by atoms with Crippen LogP contribution in [0.4, 0.5) is 0 Å². The second kappa shape index (κ2) is 9.27. The van der Waals surface area contributed by atoms with Crippen molar-refractivity contribution >= 4 is 32.4 Å². The van der Waals surface area contributed by atoms with Gasteiger partial charge in [-0.2, -0.15) is 0 Å². The minimum atomic E-state index is -1.04. The standard InChI is InChI=1S/C18H17IO7/c1-23-14-8-16(15(24-2)7-13(14)18(19)22)26-9-11-3-5-12(6-4-11)25-10-17(20)21/h3-8H,9-10H2,1-2H3,(H,20,21). The Labute approximate surface area is 164 Å². The Bertz CT molecular complexity index is 787. The predicted molar refractivity (Wildman–Crippen MR) is 102 cm³/mol. The number of hydrogen-bond acceptors (Lipinski definition) is 6. The summed E-state index contributed by atoms with van der Waals surface area (Å²) in [6.45, 7) is -0.148. The molecule has 0 spiro atoms. The van der Waals surface area contributed by atoms with E-state index in [0.29, 0.717) is 28.6 Å². The molecule has 1 N–H and O–H groups in total. The Hall–Kier alpha value is -2.49. The van der Waals surface area contributed by atoms with E-state index in [2.05, 4.69) is 0 Å². The van der Waals surface area contributed by atoms with Gasteiger partial charge in [0.15, 0.2) is 18.1 Å². The van der Waals surface area contributed by atoms with E-state index in [-0.39, 0.29) is 10.4 Å². The van der Waals surface area contributed by atoms with E-state index in [4.69, 9.17) is 24.1 Å². The van der Waals surface area contributed by atoms with Gasteiger partial charge in [-0.1, -0.05) is 12.1 Å². The number of aliphatic carboxylic acids is 1. The number of hydrogen-bond donors (Lipinski definition) is 1. The molecule has 0 saturated carbocycles. The number of carboxylic acids is 1. The number of carbonyl (C=O) groups excluding carboxylic acids is 1. The lowest BCUT2D eigenvalue weighted by Gasteiger charge is -2.14. The normalized spacial score (nSPS) is 10.1. The average molecular weight is 472 g/mol. The van der Waals surface area contributed by atoms with E-state index in [1.54, 1.807) is 59.0 Å². The van der Waals surface area contributed by atoms with E-state index < -0.39 is 12.6 Å². The molecule has 0 aliphatic rings. The highest BCUT2D eigenvalue weighted by Crippen LogP contribution is 2.36. The zero-order valence-electron chi connectivity index (χ0n) is 14.2. The van der Waals surface area contributed by atoms with Crippen molar-refractivity contribution in [1.82, 2.24) is 0 Å². The molecule has 0 unspecified atom stereocenters. The minimum Gasteiger partial charge on any atom is -0.496 e. The van der Waals surface area contributed by atoms with E-state index >= 15 is 0 Å². The maximum absolute atomic E-state index is 11.7. The van der Waals surface area contributed by atoms with Gasteiger partial charge < -0.3 is 24.1 Å². The van der Waals surface area contributed by atoms with E-state index in [1.807, 2.05) is 0 Å². The van der Waals surface area contributed by atoms with Crippen molar-refractivity contribution in [3.8, 4) is 23.0 Å². The first kappa shape index (κ1) is 19.8. The Morgan fingerprint density at radius 1 is 0.962 bits per heavy atom. The molecule has 0 aliphatic carbocycles. The van der Waals surface area contributed by atoms with Gasteiger partial charge in [-0.15, -0.1) is 0 Å². The van der Waals surface area contributed by atoms with Crippen LogP contribution in [-0.4, -0.2) is 35.7 Å². The third-order valence-electron chi connectivity index (χ3n) is 3.38. The first-order valence-corrected chi connectivity index (χ1v) is 8.54. The number of benzene rings is 2. The van der Waals surface area contributed by atoms with Crippen LogP contribution in [0.15, 0.2) is 36.4 Å². The van der Waals surface area contributed by atoms with Crippen LogP contribution in [0.5, 0.6) is 23.0 Å². The van der Waals surface area contributed by atoms with Crippen molar-refractivity contribution in [2.24, 2.45) is 0 Å². The van der Waals surface area contributed by atoms with Crippen molar-refractivity contribution in [2.45, 2.75) is 6.61 Å². The van der Waals surface area contributed by atoms with Crippen molar-refractivity contribution in [2.75, 3.05) is 20.8 Å². The van der Waals surface area contributed by atoms with Gasteiger partial charge in [0.25, 0.3) is 0 Å². The van der Waals surface area contributed by atoms with E-state index in [0.717, 1.165) is 5.56 Å². The summed E-state index contributed by atoms with van der Waals surface area (Å²) in [4.78, 5) is 22.2. The van der Waals surface area contributed by atoms with Crippen molar-refractivity contribution in [1.29, 1.82) is 0 Å². The van der Waals surface area contributed by atoms with Crippen LogP contribution in [0.1, 0.15) is 15.9 Å². The van der Waals surface area contributed by atoms with E-state index in [1.165, 1.54) is 14.2 Å². The highest BCUT2D eigenvalue weighted by atomic mass is 127. The highest BCUT2D eigenvalue weighted by molar-refractivity contribution is 14.1. The Morgan fingerprint density at radius 3 is 2.15 bits per heavy atom. The number of methoxy groups -OCH3 is 2. The van der Waals surface area contributed by atoms with Gasteiger partial charge in [-0.25, -0.2) is 4.79 Å². The zero-order chi connectivity index (χ0) is 19.1. The molecule has 0 radical (unpaired) electrons. The minimum absolute atomic E-state index is 0.166. The molecule has 0 saturated heterocycles. The summed E-state index contributed by atoms with van der Waals surface area (Å²) in [6, 6.07) is 10.0. The molecule has 26 heavy (non-hydrogen) atoms. The van der Waals surface area contributed by atoms with Crippen LogP contribution >= 0.6 is 22.6 Å². The van der Waals surface area contributed by atoms with Crippen LogP contribution in [0.2, 0.25) is 0 Å². The molecule has 0 aromatic heterocycles. The molecule has 7 nitrogen and oxygen atoms in total.